The molecule has 40 heavy (non-hydrogen) atoms. The molecule has 0 unspecified atom stereocenters. The van der Waals surface area contributed by atoms with E-state index in [4.69, 9.17) is 32.9 Å². The quantitative estimate of drug-likeness (QED) is 0.249. The predicted octanol–water partition coefficient (Wildman–Crippen LogP) is 7.68. The van der Waals surface area contributed by atoms with E-state index < -0.39 is 23.8 Å². The molecule has 208 valence electrons. The minimum atomic E-state index is -4.89. The number of aryl methyl sites for hydroxylation is 1. The summed E-state index contributed by atoms with van der Waals surface area (Å²) in [5, 5.41) is 10.5. The molecule has 0 radical (unpaired) electrons. The number of carbonyl (C=O) groups excluding carboxylic acids is 1. The van der Waals surface area contributed by atoms with E-state index in [0.29, 0.717) is 28.1 Å². The van der Waals surface area contributed by atoms with Gasteiger partial charge in [0.2, 0.25) is 5.88 Å². The van der Waals surface area contributed by atoms with E-state index in [1.54, 1.807) is 43.3 Å². The van der Waals surface area contributed by atoms with Gasteiger partial charge in [-0.25, -0.2) is 4.98 Å². The summed E-state index contributed by atoms with van der Waals surface area (Å²) in [7, 11) is 0. The van der Waals surface area contributed by atoms with Crippen LogP contribution < -0.4 is 14.8 Å². The smallest absolute Gasteiger partial charge is 0.471 e. The zero-order valence-corrected chi connectivity index (χ0v) is 23.0. The second kappa shape index (κ2) is 10.3. The molecule has 7 nitrogen and oxygen atoms in total. The second-order valence-corrected chi connectivity index (χ2v) is 10.8. The normalized spacial score (nSPS) is 16.1. The lowest BCUT2D eigenvalue weighted by molar-refractivity contribution is -0.274. The number of nitrogens with one attached hydrogen (secondary N) is 2. The van der Waals surface area contributed by atoms with Crippen LogP contribution in [0.5, 0.6) is 11.6 Å². The summed E-state index contributed by atoms with van der Waals surface area (Å²) >= 11 is 12.6. The number of halogens is 5. The first kappa shape index (κ1) is 27.8. The number of hydrogen-bond acceptors (Lipinski definition) is 5. The third-order valence-corrected chi connectivity index (χ3v) is 6.87. The molecule has 0 bridgehead atoms. The molecule has 1 atom stereocenters. The Bertz CT molecular complexity index is 1590. The Morgan fingerprint density at radius 1 is 1.10 bits per heavy atom. The maximum atomic E-state index is 13.0. The van der Waals surface area contributed by atoms with Gasteiger partial charge >= 0.3 is 6.36 Å². The van der Waals surface area contributed by atoms with Crippen LogP contribution in [0.25, 0.3) is 22.4 Å². The Morgan fingerprint density at radius 3 is 2.48 bits per heavy atom. The molecule has 0 saturated heterocycles. The van der Waals surface area contributed by atoms with Crippen molar-refractivity contribution in [2.45, 2.75) is 45.2 Å². The van der Waals surface area contributed by atoms with E-state index in [-0.39, 0.29) is 33.8 Å². The van der Waals surface area contributed by atoms with Gasteiger partial charge in [-0.05, 0) is 68.8 Å². The first-order valence-corrected chi connectivity index (χ1v) is 12.9. The average molecular weight is 591 g/mol. The van der Waals surface area contributed by atoms with Crippen LogP contribution in [0, 0.1) is 6.92 Å². The number of ether oxygens (including phenoxy) is 2. The highest BCUT2D eigenvalue weighted by atomic mass is 35.5. The van der Waals surface area contributed by atoms with Crippen molar-refractivity contribution in [3.05, 3.63) is 81.6 Å². The Labute approximate surface area is 237 Å². The van der Waals surface area contributed by atoms with E-state index in [1.165, 1.54) is 12.1 Å². The first-order valence-electron chi connectivity index (χ1n) is 12.2. The molecule has 2 aromatic heterocycles. The lowest BCUT2D eigenvalue weighted by Gasteiger charge is -2.37. The van der Waals surface area contributed by atoms with Crippen LogP contribution in [-0.2, 0) is 0 Å². The minimum absolute atomic E-state index is 0.158. The molecule has 4 aromatic rings. The summed E-state index contributed by atoms with van der Waals surface area (Å²) in [6, 6.07) is 13.4. The Hall–Kier alpha value is -3.76. The van der Waals surface area contributed by atoms with Crippen LogP contribution >= 0.6 is 23.2 Å². The zero-order valence-electron chi connectivity index (χ0n) is 21.5. The largest absolute Gasteiger partial charge is 0.573 e. The molecule has 0 spiro atoms. The van der Waals surface area contributed by atoms with Gasteiger partial charge in [-0.2, -0.15) is 5.10 Å². The number of alkyl halides is 3. The molecule has 2 N–H and O–H groups in total. The summed E-state index contributed by atoms with van der Waals surface area (Å²) in [6.45, 7) is 5.50. The van der Waals surface area contributed by atoms with Crippen molar-refractivity contribution in [3.8, 4) is 34.0 Å². The Morgan fingerprint density at radius 2 is 1.82 bits per heavy atom. The van der Waals surface area contributed by atoms with Gasteiger partial charge in [0.1, 0.15) is 17.0 Å². The molecule has 5 rings (SSSR count). The number of H-pyrrole nitrogens is 1. The highest BCUT2D eigenvalue weighted by Gasteiger charge is 2.37. The molecule has 1 amide bonds. The van der Waals surface area contributed by atoms with Gasteiger partial charge in [0.25, 0.3) is 5.91 Å². The number of fused-ring (bicyclic) bond motifs is 1. The van der Waals surface area contributed by atoms with Gasteiger partial charge in [0.15, 0.2) is 0 Å². The highest BCUT2D eigenvalue weighted by Crippen LogP contribution is 2.45. The lowest BCUT2D eigenvalue weighted by atomic mass is 9.88. The summed E-state index contributed by atoms with van der Waals surface area (Å²) in [6.07, 6.45) is -4.47. The van der Waals surface area contributed by atoms with Crippen molar-refractivity contribution in [1.82, 2.24) is 20.5 Å². The standard InChI is InChI=1S/C28H23Cl2F3N4O3/c1-14-10-22(37-36-14)25(38)34-23-13-27(2,3)40-26-20(23)12-18(15-4-6-16(29)7-5-15)24(35-26)19-11-17(8-9-21(19)30)39-28(31,32)33/h4-12,23H,13H2,1-3H3,(H,34,38)(H,36,37)/t23-/m1/s1. The first-order chi connectivity index (χ1) is 18.8. The van der Waals surface area contributed by atoms with Crippen LogP contribution in [-0.4, -0.2) is 33.1 Å². The van der Waals surface area contributed by atoms with Crippen molar-refractivity contribution >= 4 is 29.1 Å². The van der Waals surface area contributed by atoms with Crippen LogP contribution in [0.3, 0.4) is 0 Å². The number of pyridine rings is 1. The summed E-state index contributed by atoms with van der Waals surface area (Å²) in [5.74, 6) is -0.616. The fourth-order valence-corrected chi connectivity index (χ4v) is 4.91. The summed E-state index contributed by atoms with van der Waals surface area (Å²) in [4.78, 5) is 17.8. The van der Waals surface area contributed by atoms with Crippen LogP contribution in [0.1, 0.15) is 48.1 Å². The molecular weight excluding hydrogens is 568 g/mol. The number of aromatic nitrogens is 3. The van der Waals surface area contributed by atoms with Crippen molar-refractivity contribution in [3.63, 3.8) is 0 Å². The van der Waals surface area contributed by atoms with Crippen molar-refractivity contribution in [2.24, 2.45) is 0 Å². The van der Waals surface area contributed by atoms with Crippen molar-refractivity contribution < 1.29 is 27.4 Å². The molecule has 1 aliphatic rings. The fourth-order valence-electron chi connectivity index (χ4n) is 4.58. The van der Waals surface area contributed by atoms with E-state index in [0.717, 1.165) is 11.8 Å². The maximum Gasteiger partial charge on any atom is 0.573 e. The van der Waals surface area contributed by atoms with Crippen LogP contribution in [0.15, 0.2) is 54.6 Å². The van der Waals surface area contributed by atoms with Crippen LogP contribution in [0.4, 0.5) is 13.2 Å². The average Bonchev–Trinajstić information content (AvgIpc) is 3.30. The van der Waals surface area contributed by atoms with Gasteiger partial charge in [0.05, 0.1) is 16.8 Å². The van der Waals surface area contributed by atoms with Gasteiger partial charge in [-0.1, -0.05) is 35.3 Å². The fraction of sp³-hybridized carbons (Fsp3) is 0.250. The monoisotopic (exact) mass is 590 g/mol. The summed E-state index contributed by atoms with van der Waals surface area (Å²) in [5.41, 5.74) is 2.52. The number of nitrogens with zero attached hydrogens (tertiary/aromatic N) is 2. The lowest BCUT2D eigenvalue weighted by Crippen LogP contribution is -2.41. The van der Waals surface area contributed by atoms with E-state index in [1.807, 2.05) is 13.8 Å². The second-order valence-electron chi connectivity index (χ2n) is 10.0. The molecule has 3 heterocycles. The number of rotatable bonds is 5. The molecular formula is C28H23Cl2F3N4O3. The van der Waals surface area contributed by atoms with Crippen LogP contribution in [0.2, 0.25) is 10.0 Å². The van der Waals surface area contributed by atoms with Gasteiger partial charge in [0, 0.05) is 33.8 Å². The number of benzene rings is 2. The maximum absolute atomic E-state index is 13.0. The molecule has 1 aliphatic heterocycles. The number of hydrogen-bond donors (Lipinski definition) is 2. The molecule has 0 fully saturated rings. The summed E-state index contributed by atoms with van der Waals surface area (Å²) < 4.78 is 49.3. The van der Waals surface area contributed by atoms with Gasteiger partial charge < -0.3 is 14.8 Å². The van der Waals surface area contributed by atoms with E-state index in [9.17, 15) is 18.0 Å². The topological polar surface area (TPSA) is 89.1 Å². The third kappa shape index (κ3) is 6.03. The molecule has 2 aromatic carbocycles. The zero-order chi connectivity index (χ0) is 28.8. The number of aromatic amines is 1. The Kier molecular flexibility index (Phi) is 7.18. The minimum Gasteiger partial charge on any atom is -0.471 e. The number of carbonyl (C=O) groups is 1. The SMILES string of the molecule is Cc1cc(C(=O)N[C@@H]2CC(C)(C)Oc3nc(-c4cc(OC(F)(F)F)ccc4Cl)c(-c4ccc(Cl)cc4)cc32)n[nH]1. The molecule has 0 aliphatic carbocycles. The molecule has 12 heteroatoms. The van der Waals surface area contributed by atoms with Gasteiger partial charge in [-0.15, -0.1) is 13.2 Å². The van der Waals surface area contributed by atoms with E-state index >= 15 is 0 Å². The predicted molar refractivity (Wildman–Crippen MR) is 145 cm³/mol. The third-order valence-electron chi connectivity index (χ3n) is 6.28. The number of amides is 1. The Balaban J connectivity index is 1.67. The van der Waals surface area contributed by atoms with Gasteiger partial charge in [-0.3, -0.25) is 9.89 Å². The van der Waals surface area contributed by atoms with Crippen molar-refractivity contribution in [2.75, 3.05) is 0 Å². The van der Waals surface area contributed by atoms with Crippen molar-refractivity contribution in [1.29, 1.82) is 0 Å². The highest BCUT2D eigenvalue weighted by molar-refractivity contribution is 6.33. The molecule has 0 saturated carbocycles. The van der Waals surface area contributed by atoms with E-state index in [2.05, 4.69) is 20.3 Å².